The number of para-hydroxylation sites is 1. The molecule has 0 aliphatic carbocycles. The molecule has 0 radical (unpaired) electrons. The molecular formula is C20H18O3. The van der Waals surface area contributed by atoms with Gasteiger partial charge in [-0.2, -0.15) is 0 Å². The van der Waals surface area contributed by atoms with Crippen molar-refractivity contribution in [3.8, 4) is 5.75 Å². The van der Waals surface area contributed by atoms with Crippen molar-refractivity contribution in [1.82, 2.24) is 0 Å². The van der Waals surface area contributed by atoms with E-state index >= 15 is 0 Å². The summed E-state index contributed by atoms with van der Waals surface area (Å²) in [4.78, 5) is 24.8. The summed E-state index contributed by atoms with van der Waals surface area (Å²) in [6.45, 7) is 4.05. The third-order valence-corrected chi connectivity index (χ3v) is 3.87. The number of benzene rings is 2. The number of allylic oxidation sites excluding steroid dienone is 2. The maximum Gasteiger partial charge on any atom is 0.248 e. The van der Waals surface area contributed by atoms with Gasteiger partial charge in [-0.25, -0.2) is 0 Å². The number of fused-ring (bicyclic) bond motifs is 1. The number of rotatable bonds is 3. The summed E-state index contributed by atoms with van der Waals surface area (Å²) in [6.07, 6.45) is 1.90. The minimum absolute atomic E-state index is 0.363. The molecule has 0 spiro atoms. The van der Waals surface area contributed by atoms with Gasteiger partial charge in [0.05, 0.1) is 5.56 Å². The Morgan fingerprint density at radius 1 is 1.04 bits per heavy atom. The zero-order valence-electron chi connectivity index (χ0n) is 13.2. The molecule has 3 heteroatoms. The molecule has 0 fully saturated rings. The fraction of sp³-hybridized carbons (Fsp3) is 0.200. The molecule has 0 aromatic heterocycles. The van der Waals surface area contributed by atoms with Gasteiger partial charge in [0.25, 0.3) is 0 Å². The highest BCUT2D eigenvalue weighted by Gasteiger charge is 2.37. The van der Waals surface area contributed by atoms with E-state index in [1.165, 1.54) is 5.57 Å². The summed E-state index contributed by atoms with van der Waals surface area (Å²) < 4.78 is 5.96. The predicted molar refractivity (Wildman–Crippen MR) is 88.7 cm³/mol. The van der Waals surface area contributed by atoms with Gasteiger partial charge < -0.3 is 4.74 Å². The summed E-state index contributed by atoms with van der Waals surface area (Å²) in [5.74, 6) is -0.453. The van der Waals surface area contributed by atoms with E-state index in [2.05, 4.69) is 6.08 Å². The Labute approximate surface area is 135 Å². The lowest BCUT2D eigenvalue weighted by Gasteiger charge is -2.26. The molecule has 0 N–H and O–H groups in total. The molecule has 1 atom stereocenters. The highest BCUT2D eigenvalue weighted by atomic mass is 16.5. The van der Waals surface area contributed by atoms with Crippen LogP contribution in [0.5, 0.6) is 5.75 Å². The Morgan fingerprint density at radius 2 is 1.78 bits per heavy atom. The highest BCUT2D eigenvalue weighted by Crippen LogP contribution is 2.36. The lowest BCUT2D eigenvalue weighted by molar-refractivity contribution is -0.122. The first-order valence-electron chi connectivity index (χ1n) is 7.63. The van der Waals surface area contributed by atoms with Gasteiger partial charge >= 0.3 is 0 Å². The number of hydrogen-bond acceptors (Lipinski definition) is 3. The monoisotopic (exact) mass is 306 g/mol. The van der Waals surface area contributed by atoms with E-state index < -0.39 is 17.7 Å². The second-order valence-electron chi connectivity index (χ2n) is 5.88. The molecule has 2 aromatic carbocycles. The van der Waals surface area contributed by atoms with Crippen molar-refractivity contribution in [2.24, 2.45) is 0 Å². The van der Waals surface area contributed by atoms with Crippen LogP contribution in [0.4, 0.5) is 0 Å². The van der Waals surface area contributed by atoms with Crippen LogP contribution >= 0.6 is 0 Å². The van der Waals surface area contributed by atoms with Gasteiger partial charge in [-0.15, -0.1) is 0 Å². The zero-order chi connectivity index (χ0) is 16.4. The Hall–Kier alpha value is -2.68. The average Bonchev–Trinajstić information content (AvgIpc) is 2.57. The number of ketones is 2. The van der Waals surface area contributed by atoms with E-state index in [0.29, 0.717) is 23.3 Å². The third-order valence-electron chi connectivity index (χ3n) is 3.87. The van der Waals surface area contributed by atoms with E-state index in [1.807, 2.05) is 38.1 Å². The number of carbonyl (C=O) groups excluding carboxylic acids is 2. The van der Waals surface area contributed by atoms with E-state index in [9.17, 15) is 9.59 Å². The van der Waals surface area contributed by atoms with Gasteiger partial charge in [0.1, 0.15) is 5.75 Å². The molecular weight excluding hydrogens is 288 g/mol. The molecule has 0 saturated carbocycles. The number of ether oxygens (including phenoxy) is 1. The summed E-state index contributed by atoms with van der Waals surface area (Å²) in [7, 11) is 0. The Bertz CT molecular complexity index is 784. The molecule has 3 rings (SSSR count). The smallest absolute Gasteiger partial charge is 0.248 e. The largest absolute Gasteiger partial charge is 0.476 e. The van der Waals surface area contributed by atoms with Crippen LogP contribution in [0.2, 0.25) is 0 Å². The molecule has 1 heterocycles. The van der Waals surface area contributed by atoms with Crippen LogP contribution in [-0.2, 0) is 11.2 Å². The van der Waals surface area contributed by atoms with Crippen LogP contribution in [0.15, 0.2) is 60.2 Å². The second kappa shape index (κ2) is 6.21. The maximum absolute atomic E-state index is 12.4. The highest BCUT2D eigenvalue weighted by molar-refractivity contribution is 6.46. The van der Waals surface area contributed by atoms with Gasteiger partial charge in [-0.05, 0) is 31.9 Å². The van der Waals surface area contributed by atoms with Crippen LogP contribution < -0.4 is 4.74 Å². The van der Waals surface area contributed by atoms with Gasteiger partial charge in [0, 0.05) is 5.56 Å². The molecule has 1 aliphatic rings. The van der Waals surface area contributed by atoms with Gasteiger partial charge in [0.2, 0.25) is 11.6 Å². The molecule has 0 saturated heterocycles. The van der Waals surface area contributed by atoms with Crippen molar-refractivity contribution in [3.63, 3.8) is 0 Å². The molecule has 23 heavy (non-hydrogen) atoms. The van der Waals surface area contributed by atoms with Gasteiger partial charge in [-0.1, -0.05) is 54.1 Å². The molecule has 3 nitrogen and oxygen atoms in total. The topological polar surface area (TPSA) is 43.4 Å². The molecule has 1 aliphatic heterocycles. The van der Waals surface area contributed by atoms with Crippen LogP contribution in [0.3, 0.4) is 0 Å². The van der Waals surface area contributed by atoms with Crippen molar-refractivity contribution >= 4 is 11.6 Å². The second-order valence-corrected chi connectivity index (χ2v) is 5.88. The minimum atomic E-state index is -0.857. The van der Waals surface area contributed by atoms with Crippen molar-refractivity contribution in [3.05, 3.63) is 76.9 Å². The summed E-state index contributed by atoms with van der Waals surface area (Å²) in [5.41, 5.74) is 3.18. The lowest BCUT2D eigenvalue weighted by atomic mass is 9.92. The first-order chi connectivity index (χ1) is 11.1. The van der Waals surface area contributed by atoms with Crippen LogP contribution in [0.25, 0.3) is 0 Å². The fourth-order valence-corrected chi connectivity index (χ4v) is 2.65. The summed E-state index contributed by atoms with van der Waals surface area (Å²) in [6, 6.07) is 14.5. The van der Waals surface area contributed by atoms with Crippen molar-refractivity contribution in [2.45, 2.75) is 26.4 Å². The lowest BCUT2D eigenvalue weighted by Crippen LogP contribution is -2.32. The van der Waals surface area contributed by atoms with Crippen LogP contribution in [-0.4, -0.2) is 11.6 Å². The van der Waals surface area contributed by atoms with Crippen molar-refractivity contribution in [2.75, 3.05) is 0 Å². The SMILES string of the molecule is CC(C)=CCc1cccc2c1OC(c1ccccc1)C(=O)C2=O. The van der Waals surface area contributed by atoms with E-state index in [0.717, 1.165) is 5.56 Å². The summed E-state index contributed by atoms with van der Waals surface area (Å²) in [5, 5.41) is 0. The normalized spacial score (nSPS) is 16.5. The number of Topliss-reactive ketones (excluding diaryl/α,β-unsaturated/α-hetero) is 2. The molecule has 0 bridgehead atoms. The minimum Gasteiger partial charge on any atom is -0.476 e. The maximum atomic E-state index is 12.4. The summed E-state index contributed by atoms with van der Waals surface area (Å²) >= 11 is 0. The first kappa shape index (κ1) is 15.2. The fourth-order valence-electron chi connectivity index (χ4n) is 2.65. The molecule has 0 amide bonds. The van der Waals surface area contributed by atoms with Crippen molar-refractivity contribution < 1.29 is 14.3 Å². The Morgan fingerprint density at radius 3 is 2.48 bits per heavy atom. The first-order valence-corrected chi connectivity index (χ1v) is 7.63. The standard InChI is InChI=1S/C20H18O3/c1-13(2)11-12-15-9-6-10-16-17(21)18(22)20(23-19(15)16)14-7-4-3-5-8-14/h3-11,20H,12H2,1-2H3. The molecule has 116 valence electrons. The van der Waals surface area contributed by atoms with Gasteiger partial charge in [-0.3, -0.25) is 9.59 Å². The Balaban J connectivity index is 2.04. The quantitative estimate of drug-likeness (QED) is 0.634. The Kier molecular flexibility index (Phi) is 4.11. The van der Waals surface area contributed by atoms with E-state index in [4.69, 9.17) is 4.74 Å². The van der Waals surface area contributed by atoms with Crippen LogP contribution in [0, 0.1) is 0 Å². The number of hydrogen-bond donors (Lipinski definition) is 0. The van der Waals surface area contributed by atoms with Crippen LogP contribution in [0.1, 0.15) is 41.4 Å². The predicted octanol–water partition coefficient (Wildman–Crippen LogP) is 4.08. The van der Waals surface area contributed by atoms with Gasteiger partial charge in [0.15, 0.2) is 6.10 Å². The van der Waals surface area contributed by atoms with E-state index in [-0.39, 0.29) is 0 Å². The molecule has 2 aromatic rings. The third kappa shape index (κ3) is 2.95. The molecule has 1 unspecified atom stereocenters. The number of carbonyl (C=O) groups is 2. The van der Waals surface area contributed by atoms with E-state index in [1.54, 1.807) is 24.3 Å². The zero-order valence-corrected chi connectivity index (χ0v) is 13.2. The van der Waals surface area contributed by atoms with Crippen molar-refractivity contribution in [1.29, 1.82) is 0 Å². The average molecular weight is 306 g/mol.